The van der Waals surface area contributed by atoms with E-state index in [0.29, 0.717) is 5.69 Å². The third kappa shape index (κ3) is 3.59. The molecule has 112 valence electrons. The molecule has 21 heavy (non-hydrogen) atoms. The molecule has 1 aromatic carbocycles. The fraction of sp³-hybridized carbons (Fsp3) is 0.231. The first-order valence-corrected chi connectivity index (χ1v) is 8.84. The standard InChI is InChI=1S/C13H14N2O4S2/c1-9(13-4-3-7-20-13)14-11-6-5-10(21(2,18)19)8-12(11)15(16)17/h3-9,14H,1-2H3/t9-/m0/s1. The molecule has 0 aliphatic carbocycles. The van der Waals surface area contributed by atoms with E-state index in [4.69, 9.17) is 0 Å². The van der Waals surface area contributed by atoms with Crippen molar-refractivity contribution in [3.05, 3.63) is 50.7 Å². The van der Waals surface area contributed by atoms with Crippen LogP contribution in [0.2, 0.25) is 0 Å². The molecule has 0 spiro atoms. The lowest BCUT2D eigenvalue weighted by Crippen LogP contribution is -2.08. The van der Waals surface area contributed by atoms with Crippen LogP contribution in [0.15, 0.2) is 40.6 Å². The lowest BCUT2D eigenvalue weighted by Gasteiger charge is -2.14. The first kappa shape index (κ1) is 15.5. The Kier molecular flexibility index (Phi) is 4.29. The van der Waals surface area contributed by atoms with E-state index in [1.54, 1.807) is 11.3 Å². The Hall–Kier alpha value is -1.93. The summed E-state index contributed by atoms with van der Waals surface area (Å²) in [6.07, 6.45) is 1.02. The van der Waals surface area contributed by atoms with Crippen molar-refractivity contribution in [3.8, 4) is 0 Å². The van der Waals surface area contributed by atoms with Crippen molar-refractivity contribution < 1.29 is 13.3 Å². The van der Waals surface area contributed by atoms with E-state index in [-0.39, 0.29) is 16.6 Å². The van der Waals surface area contributed by atoms with E-state index >= 15 is 0 Å². The molecule has 1 aromatic heterocycles. The van der Waals surface area contributed by atoms with E-state index in [0.717, 1.165) is 17.2 Å². The van der Waals surface area contributed by atoms with Gasteiger partial charge in [0.25, 0.3) is 5.69 Å². The Balaban J connectivity index is 2.38. The summed E-state index contributed by atoms with van der Waals surface area (Å²) < 4.78 is 23.0. The summed E-state index contributed by atoms with van der Waals surface area (Å²) in [7, 11) is -3.48. The molecular weight excluding hydrogens is 312 g/mol. The number of nitrogens with one attached hydrogen (secondary N) is 1. The Morgan fingerprint density at radius 2 is 2.05 bits per heavy atom. The number of anilines is 1. The zero-order chi connectivity index (χ0) is 15.6. The van der Waals surface area contributed by atoms with Crippen LogP contribution < -0.4 is 5.32 Å². The van der Waals surface area contributed by atoms with Crippen molar-refractivity contribution in [2.75, 3.05) is 11.6 Å². The van der Waals surface area contributed by atoms with Crippen molar-refractivity contribution >= 4 is 32.5 Å². The van der Waals surface area contributed by atoms with Gasteiger partial charge in [0, 0.05) is 17.2 Å². The second-order valence-electron chi connectivity index (χ2n) is 4.59. The molecule has 1 atom stereocenters. The average Bonchev–Trinajstić information content (AvgIpc) is 2.91. The lowest BCUT2D eigenvalue weighted by molar-refractivity contribution is -0.384. The molecule has 0 saturated carbocycles. The first-order chi connectivity index (χ1) is 9.79. The highest BCUT2D eigenvalue weighted by atomic mass is 32.2. The Morgan fingerprint density at radius 3 is 2.57 bits per heavy atom. The number of thiophene rings is 1. The highest BCUT2D eigenvalue weighted by Crippen LogP contribution is 2.31. The van der Waals surface area contributed by atoms with Gasteiger partial charge >= 0.3 is 0 Å². The van der Waals surface area contributed by atoms with Gasteiger partial charge in [-0.05, 0) is 30.5 Å². The number of nitrogens with zero attached hydrogens (tertiary/aromatic N) is 1. The van der Waals surface area contributed by atoms with Crippen LogP contribution in [0.4, 0.5) is 11.4 Å². The highest BCUT2D eigenvalue weighted by molar-refractivity contribution is 7.90. The lowest BCUT2D eigenvalue weighted by atomic mass is 10.2. The monoisotopic (exact) mass is 326 g/mol. The van der Waals surface area contributed by atoms with E-state index < -0.39 is 14.8 Å². The molecule has 0 fully saturated rings. The number of hydrogen-bond donors (Lipinski definition) is 1. The van der Waals surface area contributed by atoms with Crippen LogP contribution in [0.1, 0.15) is 17.8 Å². The van der Waals surface area contributed by atoms with Gasteiger partial charge in [0.05, 0.1) is 15.9 Å². The molecule has 0 aliphatic rings. The van der Waals surface area contributed by atoms with Crippen molar-refractivity contribution in [3.63, 3.8) is 0 Å². The molecule has 0 amide bonds. The molecular formula is C13H14N2O4S2. The van der Waals surface area contributed by atoms with E-state index in [9.17, 15) is 18.5 Å². The number of sulfone groups is 1. The Bertz CT molecular complexity index is 754. The summed E-state index contributed by atoms with van der Waals surface area (Å²) >= 11 is 1.54. The first-order valence-electron chi connectivity index (χ1n) is 6.07. The van der Waals surface area contributed by atoms with E-state index in [1.165, 1.54) is 12.1 Å². The summed E-state index contributed by atoms with van der Waals surface area (Å²) in [6.45, 7) is 1.89. The summed E-state index contributed by atoms with van der Waals surface area (Å²) in [6, 6.07) is 7.61. The highest BCUT2D eigenvalue weighted by Gasteiger charge is 2.20. The third-order valence-corrected chi connectivity index (χ3v) is 5.10. The van der Waals surface area contributed by atoms with Crippen molar-refractivity contribution in [2.45, 2.75) is 17.9 Å². The molecule has 0 aliphatic heterocycles. The quantitative estimate of drug-likeness (QED) is 0.673. The maximum atomic E-state index is 11.5. The maximum Gasteiger partial charge on any atom is 0.293 e. The second kappa shape index (κ2) is 5.82. The SMILES string of the molecule is C[C@H](Nc1ccc(S(C)(=O)=O)cc1[N+](=O)[O-])c1cccs1. The normalized spacial score (nSPS) is 12.9. The summed E-state index contributed by atoms with van der Waals surface area (Å²) in [5.41, 5.74) is 0.0506. The molecule has 1 heterocycles. The second-order valence-corrected chi connectivity index (χ2v) is 7.58. The molecule has 2 aromatic rings. The number of nitro benzene ring substituents is 1. The predicted molar refractivity (Wildman–Crippen MR) is 82.6 cm³/mol. The van der Waals surface area contributed by atoms with Gasteiger partial charge in [-0.1, -0.05) is 6.07 Å². The van der Waals surface area contributed by atoms with Crippen LogP contribution in [0.5, 0.6) is 0 Å². The van der Waals surface area contributed by atoms with Crippen molar-refractivity contribution in [1.82, 2.24) is 0 Å². The fourth-order valence-electron chi connectivity index (χ4n) is 1.86. The molecule has 1 N–H and O–H groups in total. The van der Waals surface area contributed by atoms with Gasteiger partial charge in [-0.25, -0.2) is 8.42 Å². The summed E-state index contributed by atoms with van der Waals surface area (Å²) in [4.78, 5) is 11.5. The largest absolute Gasteiger partial charge is 0.372 e. The number of benzene rings is 1. The molecule has 0 unspecified atom stereocenters. The van der Waals surface area contributed by atoms with Crippen LogP contribution >= 0.6 is 11.3 Å². The van der Waals surface area contributed by atoms with Crippen LogP contribution in [0, 0.1) is 10.1 Å². The van der Waals surface area contributed by atoms with E-state index in [1.807, 2.05) is 24.4 Å². The fourth-order valence-corrected chi connectivity index (χ4v) is 3.23. The van der Waals surface area contributed by atoms with E-state index in [2.05, 4.69) is 5.32 Å². The van der Waals surface area contributed by atoms with Gasteiger partial charge in [0.2, 0.25) is 0 Å². The van der Waals surface area contributed by atoms with Crippen LogP contribution in [-0.4, -0.2) is 19.6 Å². The van der Waals surface area contributed by atoms with Crippen LogP contribution in [0.3, 0.4) is 0 Å². The van der Waals surface area contributed by atoms with Gasteiger partial charge in [-0.15, -0.1) is 11.3 Å². The number of hydrogen-bond acceptors (Lipinski definition) is 6. The Labute approximate surface area is 126 Å². The topological polar surface area (TPSA) is 89.3 Å². The Morgan fingerprint density at radius 1 is 1.33 bits per heavy atom. The average molecular weight is 326 g/mol. The molecule has 0 saturated heterocycles. The van der Waals surface area contributed by atoms with Gasteiger partial charge < -0.3 is 5.32 Å². The molecule has 0 bridgehead atoms. The maximum absolute atomic E-state index is 11.5. The van der Waals surface area contributed by atoms with Crippen molar-refractivity contribution in [2.24, 2.45) is 0 Å². The zero-order valence-corrected chi connectivity index (χ0v) is 13.1. The molecule has 0 radical (unpaired) electrons. The number of rotatable bonds is 5. The molecule has 6 nitrogen and oxygen atoms in total. The molecule has 2 rings (SSSR count). The minimum Gasteiger partial charge on any atom is -0.372 e. The zero-order valence-electron chi connectivity index (χ0n) is 11.4. The third-order valence-electron chi connectivity index (χ3n) is 2.94. The van der Waals surface area contributed by atoms with Gasteiger partial charge in [-0.2, -0.15) is 0 Å². The van der Waals surface area contributed by atoms with Gasteiger partial charge in [0.15, 0.2) is 9.84 Å². The predicted octanol–water partition coefficient (Wildman–Crippen LogP) is 3.23. The summed E-state index contributed by atoms with van der Waals surface area (Å²) in [5.74, 6) is 0. The van der Waals surface area contributed by atoms with Gasteiger partial charge in [0.1, 0.15) is 5.69 Å². The van der Waals surface area contributed by atoms with Crippen molar-refractivity contribution in [1.29, 1.82) is 0 Å². The van der Waals surface area contributed by atoms with Crippen LogP contribution in [-0.2, 0) is 9.84 Å². The minimum absolute atomic E-state index is 0.0662. The molecule has 8 heteroatoms. The van der Waals surface area contributed by atoms with Crippen LogP contribution in [0.25, 0.3) is 0 Å². The number of nitro groups is 1. The van der Waals surface area contributed by atoms with Gasteiger partial charge in [-0.3, -0.25) is 10.1 Å². The summed E-state index contributed by atoms with van der Waals surface area (Å²) in [5, 5.41) is 16.1. The minimum atomic E-state index is -3.48. The smallest absolute Gasteiger partial charge is 0.293 e.